The van der Waals surface area contributed by atoms with Crippen LogP contribution in [-0.2, 0) is 0 Å². The average molecular weight is 210 g/mol. The molecular weight excluding hydrogens is 184 g/mol. The van der Waals surface area contributed by atoms with Gasteiger partial charge in [-0.25, -0.2) is 0 Å². The molecule has 0 saturated heterocycles. The minimum Gasteiger partial charge on any atom is -0.356 e. The Morgan fingerprint density at radius 2 is 1.47 bits per heavy atom. The van der Waals surface area contributed by atoms with E-state index in [0.29, 0.717) is 6.17 Å². The Kier molecular flexibility index (Phi) is 5.00. The van der Waals surface area contributed by atoms with Gasteiger partial charge in [-0.3, -0.25) is 0 Å². The fourth-order valence-corrected chi connectivity index (χ4v) is 2.22. The molecule has 1 aliphatic rings. The van der Waals surface area contributed by atoms with Crippen LogP contribution in [0.25, 0.3) is 0 Å². The van der Waals surface area contributed by atoms with Gasteiger partial charge in [0.2, 0.25) is 0 Å². The molecule has 0 aromatic rings. The van der Waals surface area contributed by atoms with Crippen molar-refractivity contribution < 1.29 is 0 Å². The molecular formula is C13H26N2. The Morgan fingerprint density at radius 3 is 1.80 bits per heavy atom. The smallest absolute Gasteiger partial charge is 0.101 e. The van der Waals surface area contributed by atoms with Crippen LogP contribution in [-0.4, -0.2) is 29.1 Å². The summed E-state index contributed by atoms with van der Waals surface area (Å²) in [5.41, 5.74) is 0. The van der Waals surface area contributed by atoms with Gasteiger partial charge in [-0.05, 0) is 25.2 Å². The van der Waals surface area contributed by atoms with E-state index in [-0.39, 0.29) is 0 Å². The molecule has 0 aromatic heterocycles. The lowest BCUT2D eigenvalue weighted by Gasteiger charge is -2.33. The van der Waals surface area contributed by atoms with E-state index in [4.69, 9.17) is 0 Å². The van der Waals surface area contributed by atoms with Crippen LogP contribution in [0, 0.1) is 5.92 Å². The van der Waals surface area contributed by atoms with Crippen LogP contribution in [0.5, 0.6) is 0 Å². The first-order valence-corrected chi connectivity index (χ1v) is 6.38. The molecule has 1 heterocycles. The first kappa shape index (κ1) is 12.4. The number of nitrogens with zero attached hydrogens (tertiary/aromatic N) is 2. The summed E-state index contributed by atoms with van der Waals surface area (Å²) in [5, 5.41) is 0. The Morgan fingerprint density at radius 1 is 1.00 bits per heavy atom. The van der Waals surface area contributed by atoms with Crippen molar-refractivity contribution in [1.29, 1.82) is 0 Å². The average Bonchev–Trinajstić information content (AvgIpc) is 2.51. The molecule has 0 amide bonds. The van der Waals surface area contributed by atoms with Crippen LogP contribution in [0.4, 0.5) is 0 Å². The molecule has 1 rings (SSSR count). The highest BCUT2D eigenvalue weighted by molar-refractivity contribution is 4.96. The van der Waals surface area contributed by atoms with Crippen molar-refractivity contribution in [2.75, 3.05) is 13.1 Å². The maximum absolute atomic E-state index is 2.50. The van der Waals surface area contributed by atoms with Crippen LogP contribution in [0.2, 0.25) is 0 Å². The standard InChI is InChI=1S/C13H26N2/c1-5-7-14-9-10-15(8-6-2)13(14)11-12(3)4/h9-10,12-13H,5-8,11H2,1-4H3. The first-order chi connectivity index (χ1) is 7.19. The lowest BCUT2D eigenvalue weighted by atomic mass is 10.1. The Bertz CT molecular complexity index is 183. The lowest BCUT2D eigenvalue weighted by molar-refractivity contribution is 0.129. The second-order valence-electron chi connectivity index (χ2n) is 4.88. The monoisotopic (exact) mass is 210 g/mol. The zero-order chi connectivity index (χ0) is 11.3. The fourth-order valence-electron chi connectivity index (χ4n) is 2.22. The normalized spacial score (nSPS) is 17.1. The van der Waals surface area contributed by atoms with Crippen molar-refractivity contribution in [3.05, 3.63) is 12.4 Å². The van der Waals surface area contributed by atoms with E-state index < -0.39 is 0 Å². The van der Waals surface area contributed by atoms with Crippen molar-refractivity contribution in [2.45, 2.75) is 53.1 Å². The Hall–Kier alpha value is -0.660. The van der Waals surface area contributed by atoms with E-state index in [1.54, 1.807) is 0 Å². The van der Waals surface area contributed by atoms with Gasteiger partial charge < -0.3 is 9.80 Å². The molecule has 2 heteroatoms. The molecule has 0 saturated carbocycles. The van der Waals surface area contributed by atoms with Gasteiger partial charge in [0.05, 0.1) is 0 Å². The maximum Gasteiger partial charge on any atom is 0.101 e. The molecule has 0 aliphatic carbocycles. The van der Waals surface area contributed by atoms with Crippen LogP contribution in [0.3, 0.4) is 0 Å². The zero-order valence-electron chi connectivity index (χ0n) is 10.7. The quantitative estimate of drug-likeness (QED) is 0.664. The van der Waals surface area contributed by atoms with E-state index >= 15 is 0 Å². The molecule has 0 unspecified atom stereocenters. The van der Waals surface area contributed by atoms with Crippen molar-refractivity contribution in [2.24, 2.45) is 5.92 Å². The molecule has 0 radical (unpaired) electrons. The molecule has 15 heavy (non-hydrogen) atoms. The molecule has 2 nitrogen and oxygen atoms in total. The van der Waals surface area contributed by atoms with Crippen LogP contribution >= 0.6 is 0 Å². The van der Waals surface area contributed by atoms with Crippen molar-refractivity contribution in [3.63, 3.8) is 0 Å². The largest absolute Gasteiger partial charge is 0.356 e. The summed E-state index contributed by atoms with van der Waals surface area (Å²) in [7, 11) is 0. The molecule has 1 aliphatic heterocycles. The van der Waals surface area contributed by atoms with Crippen molar-refractivity contribution >= 4 is 0 Å². The molecule has 0 bridgehead atoms. The van der Waals surface area contributed by atoms with Crippen molar-refractivity contribution in [3.8, 4) is 0 Å². The second kappa shape index (κ2) is 6.04. The highest BCUT2D eigenvalue weighted by Gasteiger charge is 2.25. The van der Waals surface area contributed by atoms with Crippen LogP contribution < -0.4 is 0 Å². The first-order valence-electron chi connectivity index (χ1n) is 6.38. The van der Waals surface area contributed by atoms with Gasteiger partial charge in [0.25, 0.3) is 0 Å². The summed E-state index contributed by atoms with van der Waals surface area (Å²) in [6.07, 6.45) is 8.90. The summed E-state index contributed by atoms with van der Waals surface area (Å²) in [6.45, 7) is 11.5. The van der Waals surface area contributed by atoms with Gasteiger partial charge in [-0.1, -0.05) is 27.7 Å². The van der Waals surface area contributed by atoms with E-state index in [2.05, 4.69) is 49.9 Å². The van der Waals surface area contributed by atoms with Gasteiger partial charge in [-0.15, -0.1) is 0 Å². The molecule has 0 N–H and O–H groups in total. The predicted molar refractivity (Wildman–Crippen MR) is 66.4 cm³/mol. The summed E-state index contributed by atoms with van der Waals surface area (Å²) >= 11 is 0. The number of hydrogen-bond donors (Lipinski definition) is 0. The molecule has 0 aromatic carbocycles. The van der Waals surface area contributed by atoms with Gasteiger partial charge in [0, 0.05) is 25.5 Å². The topological polar surface area (TPSA) is 6.48 Å². The fraction of sp³-hybridized carbons (Fsp3) is 0.846. The molecule has 0 atom stereocenters. The van der Waals surface area contributed by atoms with Crippen LogP contribution in [0.1, 0.15) is 47.0 Å². The SMILES string of the molecule is CCCN1C=CN(CCC)C1CC(C)C. The third-order valence-corrected chi connectivity index (χ3v) is 2.86. The number of hydrogen-bond acceptors (Lipinski definition) is 2. The van der Waals surface area contributed by atoms with Gasteiger partial charge >= 0.3 is 0 Å². The second-order valence-corrected chi connectivity index (χ2v) is 4.88. The summed E-state index contributed by atoms with van der Waals surface area (Å²) in [5.74, 6) is 0.772. The summed E-state index contributed by atoms with van der Waals surface area (Å²) in [4.78, 5) is 4.99. The highest BCUT2D eigenvalue weighted by atomic mass is 15.4. The maximum atomic E-state index is 2.50. The number of rotatable bonds is 6. The highest BCUT2D eigenvalue weighted by Crippen LogP contribution is 2.22. The Balaban J connectivity index is 2.55. The molecule has 88 valence electrons. The van der Waals surface area contributed by atoms with Crippen LogP contribution in [0.15, 0.2) is 12.4 Å². The Labute approximate surface area is 94.9 Å². The van der Waals surface area contributed by atoms with Gasteiger partial charge in [-0.2, -0.15) is 0 Å². The predicted octanol–water partition coefficient (Wildman–Crippen LogP) is 3.27. The van der Waals surface area contributed by atoms with Gasteiger partial charge in [0.15, 0.2) is 0 Å². The van der Waals surface area contributed by atoms with Crippen molar-refractivity contribution in [1.82, 2.24) is 9.80 Å². The zero-order valence-corrected chi connectivity index (χ0v) is 10.7. The summed E-state index contributed by atoms with van der Waals surface area (Å²) in [6, 6.07) is 0. The lowest BCUT2D eigenvalue weighted by Crippen LogP contribution is -2.40. The van der Waals surface area contributed by atoms with E-state index in [1.807, 2.05) is 0 Å². The van der Waals surface area contributed by atoms with Gasteiger partial charge in [0.1, 0.15) is 6.17 Å². The summed E-state index contributed by atoms with van der Waals surface area (Å²) < 4.78 is 0. The van der Waals surface area contributed by atoms with E-state index in [1.165, 1.54) is 32.4 Å². The third-order valence-electron chi connectivity index (χ3n) is 2.86. The minimum absolute atomic E-state index is 0.616. The minimum atomic E-state index is 0.616. The third kappa shape index (κ3) is 3.44. The van der Waals surface area contributed by atoms with E-state index in [0.717, 1.165) is 5.92 Å². The molecule has 0 spiro atoms. The van der Waals surface area contributed by atoms with E-state index in [9.17, 15) is 0 Å². The molecule has 0 fully saturated rings.